The van der Waals surface area contributed by atoms with Crippen LogP contribution in [0.15, 0.2) is 12.2 Å². The molecular weight excluding hydrogens is 162 g/mol. The lowest BCUT2D eigenvalue weighted by atomic mass is 9.94. The van der Waals surface area contributed by atoms with Gasteiger partial charge in [-0.25, -0.2) is 0 Å². The predicted octanol–water partition coefficient (Wildman–Crippen LogP) is 2.26. The Hall–Kier alpha value is -0.790. The molecule has 2 heteroatoms. The van der Waals surface area contributed by atoms with E-state index in [4.69, 9.17) is 0 Å². The Morgan fingerprint density at radius 1 is 1.62 bits per heavy atom. The highest BCUT2D eigenvalue weighted by Gasteiger charge is 2.20. The number of amides is 1. The third kappa shape index (κ3) is 3.21. The van der Waals surface area contributed by atoms with Crippen molar-refractivity contribution in [3.05, 3.63) is 12.2 Å². The number of nitrogens with one attached hydrogen (secondary N) is 1. The summed E-state index contributed by atoms with van der Waals surface area (Å²) >= 11 is 0. The van der Waals surface area contributed by atoms with Crippen molar-refractivity contribution in [2.45, 2.75) is 39.0 Å². The molecule has 0 aromatic carbocycles. The van der Waals surface area contributed by atoms with Crippen LogP contribution in [0, 0.1) is 5.92 Å². The summed E-state index contributed by atoms with van der Waals surface area (Å²) in [5.74, 6) is 0.419. The van der Waals surface area contributed by atoms with E-state index < -0.39 is 0 Å². The second-order valence-corrected chi connectivity index (χ2v) is 3.79. The molecule has 13 heavy (non-hydrogen) atoms. The Labute approximate surface area is 80.4 Å². The summed E-state index contributed by atoms with van der Waals surface area (Å²) < 4.78 is 0. The summed E-state index contributed by atoms with van der Waals surface area (Å²) in [5, 5.41) is 2.94. The fourth-order valence-corrected chi connectivity index (χ4v) is 1.69. The molecule has 74 valence electrons. The summed E-state index contributed by atoms with van der Waals surface area (Å²) in [5.41, 5.74) is 1.20. The van der Waals surface area contributed by atoms with Crippen LogP contribution in [-0.4, -0.2) is 12.5 Å². The largest absolute Gasteiger partial charge is 0.356 e. The Balaban J connectivity index is 2.45. The van der Waals surface area contributed by atoms with Crippen molar-refractivity contribution in [2.24, 2.45) is 5.92 Å². The average Bonchev–Trinajstić information content (AvgIpc) is 2.32. The van der Waals surface area contributed by atoms with Crippen molar-refractivity contribution < 1.29 is 4.79 Å². The molecule has 0 aromatic rings. The van der Waals surface area contributed by atoms with Gasteiger partial charge in [-0.15, -0.1) is 0 Å². The Bertz CT molecular complexity index is 198. The number of carbonyl (C=O) groups excluding carboxylic acids is 1. The highest BCUT2D eigenvalue weighted by Crippen LogP contribution is 2.20. The van der Waals surface area contributed by atoms with Gasteiger partial charge < -0.3 is 5.32 Å². The number of rotatable bonds is 3. The highest BCUT2D eigenvalue weighted by molar-refractivity contribution is 5.79. The zero-order chi connectivity index (χ0) is 9.68. The van der Waals surface area contributed by atoms with E-state index in [2.05, 4.69) is 18.8 Å². The molecule has 0 bridgehead atoms. The zero-order valence-electron chi connectivity index (χ0n) is 8.44. The normalized spacial score (nSPS) is 23.5. The molecule has 1 fully saturated rings. The summed E-state index contributed by atoms with van der Waals surface area (Å²) in [6.07, 6.45) is 5.19. The number of carbonyl (C=O) groups is 1. The van der Waals surface area contributed by atoms with E-state index in [0.717, 1.165) is 32.2 Å². The van der Waals surface area contributed by atoms with Crippen molar-refractivity contribution in [3.8, 4) is 0 Å². The van der Waals surface area contributed by atoms with Gasteiger partial charge in [0.2, 0.25) is 5.91 Å². The average molecular weight is 181 g/mol. The second kappa shape index (κ2) is 5.05. The van der Waals surface area contributed by atoms with Gasteiger partial charge in [0.1, 0.15) is 0 Å². The Morgan fingerprint density at radius 2 is 2.38 bits per heavy atom. The lowest BCUT2D eigenvalue weighted by Crippen LogP contribution is -2.29. The highest BCUT2D eigenvalue weighted by atomic mass is 16.1. The van der Waals surface area contributed by atoms with Crippen LogP contribution in [0.1, 0.15) is 39.0 Å². The van der Waals surface area contributed by atoms with Crippen molar-refractivity contribution in [1.82, 2.24) is 5.32 Å². The van der Waals surface area contributed by atoms with Gasteiger partial charge in [-0.05, 0) is 25.7 Å². The van der Waals surface area contributed by atoms with E-state index in [1.807, 2.05) is 0 Å². The van der Waals surface area contributed by atoms with E-state index in [-0.39, 0.29) is 11.8 Å². The Morgan fingerprint density at radius 3 is 3.08 bits per heavy atom. The van der Waals surface area contributed by atoms with Crippen molar-refractivity contribution >= 4 is 5.91 Å². The second-order valence-electron chi connectivity index (χ2n) is 3.79. The lowest BCUT2D eigenvalue weighted by Gasteiger charge is -2.13. The Kier molecular flexibility index (Phi) is 4.00. The van der Waals surface area contributed by atoms with E-state index in [0.29, 0.717) is 0 Å². The maximum absolute atomic E-state index is 11.5. The molecule has 0 aromatic heterocycles. The molecule has 1 heterocycles. The van der Waals surface area contributed by atoms with Gasteiger partial charge in [0.25, 0.3) is 0 Å². The molecule has 1 amide bonds. The zero-order valence-corrected chi connectivity index (χ0v) is 8.44. The first kappa shape index (κ1) is 10.3. The third-order valence-electron chi connectivity index (χ3n) is 2.68. The minimum Gasteiger partial charge on any atom is -0.356 e. The van der Waals surface area contributed by atoms with Crippen molar-refractivity contribution in [2.75, 3.05) is 6.54 Å². The van der Waals surface area contributed by atoms with Gasteiger partial charge in [-0.2, -0.15) is 0 Å². The van der Waals surface area contributed by atoms with Crippen molar-refractivity contribution in [1.29, 1.82) is 0 Å². The van der Waals surface area contributed by atoms with Crippen LogP contribution in [0.4, 0.5) is 0 Å². The fraction of sp³-hybridized carbons (Fsp3) is 0.727. The summed E-state index contributed by atoms with van der Waals surface area (Å²) in [7, 11) is 0. The number of hydrogen-bond donors (Lipinski definition) is 1. The smallest absolute Gasteiger partial charge is 0.223 e. The summed E-state index contributed by atoms with van der Waals surface area (Å²) in [6.45, 7) is 6.90. The standard InChI is InChI=1S/C11H19NO/c1-3-9(2)8-10-6-4-5-7-12-11(10)13/h10H,2-8H2,1H3,(H,12,13). The first-order chi connectivity index (χ1) is 6.24. The molecule has 1 aliphatic rings. The number of hydrogen-bond acceptors (Lipinski definition) is 1. The predicted molar refractivity (Wildman–Crippen MR) is 54.4 cm³/mol. The molecule has 1 N–H and O–H groups in total. The van der Waals surface area contributed by atoms with E-state index in [9.17, 15) is 4.79 Å². The number of allylic oxidation sites excluding steroid dienone is 1. The van der Waals surface area contributed by atoms with Crippen LogP contribution < -0.4 is 5.32 Å². The van der Waals surface area contributed by atoms with Crippen LogP contribution in [0.2, 0.25) is 0 Å². The van der Waals surface area contributed by atoms with Crippen molar-refractivity contribution in [3.63, 3.8) is 0 Å². The monoisotopic (exact) mass is 181 g/mol. The van der Waals surface area contributed by atoms with Gasteiger partial charge >= 0.3 is 0 Å². The van der Waals surface area contributed by atoms with E-state index in [1.54, 1.807) is 0 Å². The van der Waals surface area contributed by atoms with Crippen LogP contribution in [0.25, 0.3) is 0 Å². The molecule has 1 saturated heterocycles. The minimum atomic E-state index is 0.190. The van der Waals surface area contributed by atoms with Crippen LogP contribution in [0.3, 0.4) is 0 Å². The van der Waals surface area contributed by atoms with E-state index in [1.165, 1.54) is 12.0 Å². The molecule has 1 unspecified atom stereocenters. The fourth-order valence-electron chi connectivity index (χ4n) is 1.69. The lowest BCUT2D eigenvalue weighted by molar-refractivity contribution is -0.124. The third-order valence-corrected chi connectivity index (χ3v) is 2.68. The summed E-state index contributed by atoms with van der Waals surface area (Å²) in [4.78, 5) is 11.5. The van der Waals surface area contributed by atoms with Gasteiger partial charge in [0.15, 0.2) is 0 Å². The van der Waals surface area contributed by atoms with Gasteiger partial charge in [-0.1, -0.05) is 25.5 Å². The van der Waals surface area contributed by atoms with Crippen LogP contribution in [0.5, 0.6) is 0 Å². The molecule has 1 atom stereocenters. The molecule has 2 nitrogen and oxygen atoms in total. The first-order valence-electron chi connectivity index (χ1n) is 5.18. The molecular formula is C11H19NO. The first-order valence-corrected chi connectivity index (χ1v) is 5.18. The maximum Gasteiger partial charge on any atom is 0.223 e. The molecule has 0 saturated carbocycles. The summed E-state index contributed by atoms with van der Waals surface area (Å²) in [6, 6.07) is 0. The van der Waals surface area contributed by atoms with E-state index >= 15 is 0 Å². The molecule has 1 aliphatic heterocycles. The molecule has 0 aliphatic carbocycles. The topological polar surface area (TPSA) is 29.1 Å². The minimum absolute atomic E-state index is 0.190. The van der Waals surface area contributed by atoms with Crippen LogP contribution >= 0.6 is 0 Å². The molecule has 0 radical (unpaired) electrons. The van der Waals surface area contributed by atoms with Gasteiger partial charge in [0, 0.05) is 12.5 Å². The van der Waals surface area contributed by atoms with Crippen LogP contribution in [-0.2, 0) is 4.79 Å². The quantitative estimate of drug-likeness (QED) is 0.665. The molecule has 1 rings (SSSR count). The van der Waals surface area contributed by atoms with Gasteiger partial charge in [0.05, 0.1) is 0 Å². The maximum atomic E-state index is 11.5. The molecule has 0 spiro atoms. The SMILES string of the molecule is C=C(CC)CC1CCCCNC1=O. The van der Waals surface area contributed by atoms with Gasteiger partial charge in [-0.3, -0.25) is 4.79 Å².